The van der Waals surface area contributed by atoms with Crippen LogP contribution in [0, 0.1) is 0 Å². The van der Waals surface area contributed by atoms with Gasteiger partial charge in [0.2, 0.25) is 0 Å². The molecule has 0 rings (SSSR count). The van der Waals surface area contributed by atoms with Crippen molar-refractivity contribution in [2.75, 3.05) is 0 Å². The Hall–Kier alpha value is 3.89. The van der Waals surface area contributed by atoms with Crippen molar-refractivity contribution in [2.45, 2.75) is 0 Å². The molecule has 4 heteroatoms. The third kappa shape index (κ3) is 9.31. The number of hydrogen-bond acceptors (Lipinski definition) is 1. The molecular formula is H4BaBiKO. The predicted molar refractivity (Wildman–Crippen MR) is 23.5 cm³/mol. The van der Waals surface area contributed by atoms with Gasteiger partial charge < -0.3 is 0 Å². The quantitative estimate of drug-likeness (QED) is 0.414. The molecule has 0 radical (unpaired) electrons. The van der Waals surface area contributed by atoms with Gasteiger partial charge in [0.25, 0.3) is 0 Å². The molecule has 0 saturated heterocycles. The first-order chi connectivity index (χ1) is 1.00. The van der Waals surface area contributed by atoms with Crippen molar-refractivity contribution in [2.24, 2.45) is 0 Å². The molecule has 0 heterocycles. The van der Waals surface area contributed by atoms with Gasteiger partial charge in [-0.3, -0.25) is 0 Å². The van der Waals surface area contributed by atoms with Crippen LogP contribution in [0.25, 0.3) is 0 Å². The van der Waals surface area contributed by atoms with Crippen LogP contribution in [0.3, 0.4) is 0 Å². The SMILES string of the molecule is [BaH2].[KH].[O]=[BiH]. The van der Waals surface area contributed by atoms with Crippen LogP contribution in [0.5, 0.6) is 0 Å². The Morgan fingerprint density at radius 2 is 1.25 bits per heavy atom. The van der Waals surface area contributed by atoms with Crippen molar-refractivity contribution in [3.63, 3.8) is 0 Å². The fourth-order valence-corrected chi connectivity index (χ4v) is 0. The molecule has 1 nitrogen and oxygen atoms in total. The first-order valence-corrected chi connectivity index (χ1v) is 1.79. The molecule has 0 bridgehead atoms. The van der Waals surface area contributed by atoms with E-state index in [4.69, 9.17) is 2.81 Å². The average molecular weight is 405 g/mol. The van der Waals surface area contributed by atoms with Crippen LogP contribution >= 0.6 is 0 Å². The fourth-order valence-electron chi connectivity index (χ4n) is 0. The summed E-state index contributed by atoms with van der Waals surface area (Å²) in [4.78, 5) is 0. The molecular weight excluding hydrogens is 401 g/mol. The molecule has 0 amide bonds. The van der Waals surface area contributed by atoms with Crippen molar-refractivity contribution in [1.82, 2.24) is 0 Å². The van der Waals surface area contributed by atoms with E-state index in [-0.39, 0.29) is 125 Å². The van der Waals surface area contributed by atoms with Crippen molar-refractivity contribution < 1.29 is 2.81 Å². The van der Waals surface area contributed by atoms with E-state index in [1.807, 2.05) is 0 Å². The van der Waals surface area contributed by atoms with Gasteiger partial charge in [0.05, 0.1) is 0 Å². The van der Waals surface area contributed by atoms with Crippen LogP contribution in [0.2, 0.25) is 0 Å². The van der Waals surface area contributed by atoms with Crippen LogP contribution in [0.15, 0.2) is 0 Å². The third-order valence-electron chi connectivity index (χ3n) is 0. The summed E-state index contributed by atoms with van der Waals surface area (Å²) in [7, 11) is 0. The Morgan fingerprint density at radius 3 is 1.25 bits per heavy atom. The predicted octanol–water partition coefficient (Wildman–Crippen LogP) is -2.33. The molecule has 0 fully saturated rings. The van der Waals surface area contributed by atoms with E-state index in [1.165, 1.54) is 0 Å². The molecule has 0 aliphatic heterocycles. The maximum absolute atomic E-state index is 8.39. The second kappa shape index (κ2) is 15.8. The van der Waals surface area contributed by atoms with Crippen molar-refractivity contribution >= 4 is 125 Å². The summed E-state index contributed by atoms with van der Waals surface area (Å²) >= 11 is 0.0556. The van der Waals surface area contributed by atoms with Crippen LogP contribution in [-0.2, 0) is 2.81 Å². The summed E-state index contributed by atoms with van der Waals surface area (Å²) in [5, 5.41) is 0. The molecule has 0 N–H and O–H groups in total. The first kappa shape index (κ1) is 15.7. The van der Waals surface area contributed by atoms with E-state index in [0.717, 1.165) is 0 Å². The van der Waals surface area contributed by atoms with Crippen LogP contribution in [-0.4, -0.2) is 125 Å². The molecule has 0 aliphatic carbocycles. The fraction of sp³-hybridized carbons (Fsp3) is 0. The molecule has 18 valence electrons. The minimum atomic E-state index is 0. The Labute approximate surface area is 123 Å². The molecule has 0 unspecified atom stereocenters. The molecule has 0 saturated carbocycles. The van der Waals surface area contributed by atoms with E-state index < -0.39 is 0 Å². The van der Waals surface area contributed by atoms with Gasteiger partial charge in [-0.25, -0.2) is 0 Å². The standard InChI is InChI=1S/Ba.Bi.K.O.4H. The second-order valence-corrected chi connectivity index (χ2v) is 0. The van der Waals surface area contributed by atoms with Crippen molar-refractivity contribution in [3.05, 3.63) is 0 Å². The minimum absolute atomic E-state index is 0. The normalized spacial score (nSPS) is 1.00. The Balaban J connectivity index is -0.00000000500. The summed E-state index contributed by atoms with van der Waals surface area (Å²) in [5.41, 5.74) is 0. The van der Waals surface area contributed by atoms with E-state index >= 15 is 0 Å². The summed E-state index contributed by atoms with van der Waals surface area (Å²) in [6.07, 6.45) is 0. The van der Waals surface area contributed by atoms with Crippen LogP contribution in [0.1, 0.15) is 0 Å². The van der Waals surface area contributed by atoms with Gasteiger partial charge in [0, 0.05) is 0 Å². The number of rotatable bonds is 0. The van der Waals surface area contributed by atoms with Gasteiger partial charge in [-0.05, 0) is 0 Å². The van der Waals surface area contributed by atoms with Gasteiger partial charge in [-0.2, -0.15) is 0 Å². The first-order valence-electron chi connectivity index (χ1n) is 0.204. The summed E-state index contributed by atoms with van der Waals surface area (Å²) in [5.74, 6) is 0. The topological polar surface area (TPSA) is 17.1 Å². The van der Waals surface area contributed by atoms with Crippen molar-refractivity contribution in [1.29, 1.82) is 0 Å². The Morgan fingerprint density at radius 1 is 1.25 bits per heavy atom. The molecule has 4 heavy (non-hydrogen) atoms. The number of hydrogen-bond donors (Lipinski definition) is 0. The van der Waals surface area contributed by atoms with Gasteiger partial charge >= 0.3 is 128 Å². The molecule has 0 aromatic rings. The zero-order valence-corrected chi connectivity index (χ0v) is 4.80. The average Bonchev–Trinajstić information content (AvgIpc) is 1.00. The van der Waals surface area contributed by atoms with E-state index in [1.54, 1.807) is 0 Å². The summed E-state index contributed by atoms with van der Waals surface area (Å²) in [6, 6.07) is 0. The van der Waals surface area contributed by atoms with E-state index in [2.05, 4.69) is 0 Å². The zero-order valence-electron chi connectivity index (χ0n) is 0.908. The van der Waals surface area contributed by atoms with Gasteiger partial charge in [0.15, 0.2) is 0 Å². The van der Waals surface area contributed by atoms with Gasteiger partial charge in [-0.1, -0.05) is 0 Å². The molecule has 0 aromatic heterocycles. The van der Waals surface area contributed by atoms with E-state index in [9.17, 15) is 0 Å². The van der Waals surface area contributed by atoms with Crippen LogP contribution in [0.4, 0.5) is 0 Å². The zero-order chi connectivity index (χ0) is 2.00. The van der Waals surface area contributed by atoms with E-state index in [0.29, 0.717) is 0 Å². The molecule has 0 aromatic carbocycles. The monoisotopic (exact) mass is 406 g/mol. The summed E-state index contributed by atoms with van der Waals surface area (Å²) in [6.45, 7) is 0. The maximum atomic E-state index is 8.39. The Kier molecular flexibility index (Phi) is 61.9. The second-order valence-electron chi connectivity index (χ2n) is 0. The summed E-state index contributed by atoms with van der Waals surface area (Å²) < 4.78 is 8.39. The van der Waals surface area contributed by atoms with Gasteiger partial charge in [0.1, 0.15) is 0 Å². The van der Waals surface area contributed by atoms with Gasteiger partial charge in [-0.15, -0.1) is 0 Å². The third-order valence-corrected chi connectivity index (χ3v) is 0. The van der Waals surface area contributed by atoms with Crippen LogP contribution < -0.4 is 0 Å². The van der Waals surface area contributed by atoms with Crippen molar-refractivity contribution in [3.8, 4) is 0 Å². The molecule has 0 aliphatic rings. The molecule has 0 spiro atoms. The molecule has 0 atom stereocenters. The Bertz CT molecular complexity index is 8.00.